The van der Waals surface area contributed by atoms with Crippen molar-refractivity contribution >= 4 is 34.8 Å². The zero-order valence-electron chi connectivity index (χ0n) is 13.8. The third-order valence-electron chi connectivity index (χ3n) is 3.89. The number of fused-ring (bicyclic) bond motifs is 1. The molecule has 0 saturated heterocycles. The Morgan fingerprint density at radius 2 is 2.12 bits per heavy atom. The molecule has 1 aliphatic rings. The lowest BCUT2D eigenvalue weighted by molar-refractivity contribution is -0.121. The van der Waals surface area contributed by atoms with Gasteiger partial charge in [0.15, 0.2) is 6.61 Å². The Bertz CT molecular complexity index is 838. The van der Waals surface area contributed by atoms with E-state index in [1.54, 1.807) is 41.3 Å². The van der Waals surface area contributed by atoms with Gasteiger partial charge in [0.25, 0.3) is 11.8 Å². The number of amides is 2. The normalized spacial score (nSPS) is 13.1. The highest BCUT2D eigenvalue weighted by Crippen LogP contribution is 2.34. The summed E-state index contributed by atoms with van der Waals surface area (Å²) in [5.74, 6) is 0.698. The second-order valence-electron chi connectivity index (χ2n) is 5.41. The predicted molar refractivity (Wildman–Crippen MR) is 95.9 cm³/mol. The summed E-state index contributed by atoms with van der Waals surface area (Å²) >= 11 is 6.06. The van der Waals surface area contributed by atoms with Gasteiger partial charge in [-0.3, -0.25) is 9.59 Å². The topological polar surface area (TPSA) is 67.9 Å². The van der Waals surface area contributed by atoms with Crippen molar-refractivity contribution in [1.82, 2.24) is 0 Å². The Balaban J connectivity index is 1.84. The minimum atomic E-state index is -0.310. The van der Waals surface area contributed by atoms with Gasteiger partial charge in [0, 0.05) is 17.8 Å². The van der Waals surface area contributed by atoms with Crippen molar-refractivity contribution in [3.8, 4) is 11.5 Å². The minimum absolute atomic E-state index is 0.0247. The summed E-state index contributed by atoms with van der Waals surface area (Å²) in [5.41, 5.74) is 1.61. The number of halogens is 1. The minimum Gasteiger partial charge on any atom is -0.495 e. The highest BCUT2D eigenvalue weighted by atomic mass is 35.5. The third-order valence-corrected chi connectivity index (χ3v) is 4.19. The molecule has 0 bridgehead atoms. The number of hydrogen-bond acceptors (Lipinski definition) is 4. The van der Waals surface area contributed by atoms with Crippen LogP contribution < -0.4 is 19.7 Å². The van der Waals surface area contributed by atoms with Gasteiger partial charge in [0.2, 0.25) is 0 Å². The number of anilines is 2. The number of hydrogen-bond donors (Lipinski definition) is 1. The SMILES string of the molecule is CCN1C(=O)COc2ccc(NC(=O)c3ccc(OC)c(Cl)c3)cc21. The molecule has 0 aromatic heterocycles. The Morgan fingerprint density at radius 3 is 2.80 bits per heavy atom. The molecular weight excluding hydrogens is 344 g/mol. The number of nitrogens with zero attached hydrogens (tertiary/aromatic N) is 1. The van der Waals surface area contributed by atoms with Crippen LogP contribution in [0.2, 0.25) is 5.02 Å². The maximum Gasteiger partial charge on any atom is 0.265 e. The van der Waals surface area contributed by atoms with Gasteiger partial charge in [0.1, 0.15) is 11.5 Å². The molecule has 0 spiro atoms. The van der Waals surface area contributed by atoms with E-state index in [1.807, 2.05) is 6.92 Å². The monoisotopic (exact) mass is 360 g/mol. The van der Waals surface area contributed by atoms with Crippen molar-refractivity contribution in [2.45, 2.75) is 6.92 Å². The Kier molecular flexibility index (Phi) is 4.81. The first-order chi connectivity index (χ1) is 12.0. The summed E-state index contributed by atoms with van der Waals surface area (Å²) in [6, 6.07) is 9.99. The lowest BCUT2D eigenvalue weighted by Gasteiger charge is -2.28. The molecule has 1 heterocycles. The van der Waals surface area contributed by atoms with Crippen LogP contribution in [-0.2, 0) is 4.79 Å². The molecule has 0 unspecified atom stereocenters. The molecule has 0 fully saturated rings. The average molecular weight is 361 g/mol. The van der Waals surface area contributed by atoms with Gasteiger partial charge in [-0.05, 0) is 43.3 Å². The molecule has 1 aliphatic heterocycles. The molecule has 0 radical (unpaired) electrons. The fourth-order valence-electron chi connectivity index (χ4n) is 2.64. The Labute approximate surface area is 150 Å². The van der Waals surface area contributed by atoms with Crippen LogP contribution >= 0.6 is 11.6 Å². The van der Waals surface area contributed by atoms with Gasteiger partial charge in [-0.15, -0.1) is 0 Å². The van der Waals surface area contributed by atoms with Crippen LogP contribution in [0.15, 0.2) is 36.4 Å². The molecule has 0 saturated carbocycles. The first kappa shape index (κ1) is 17.1. The second-order valence-corrected chi connectivity index (χ2v) is 5.82. The largest absolute Gasteiger partial charge is 0.495 e. The van der Waals surface area contributed by atoms with E-state index in [-0.39, 0.29) is 18.4 Å². The van der Waals surface area contributed by atoms with Crippen LogP contribution in [0.5, 0.6) is 11.5 Å². The fraction of sp³-hybridized carbons (Fsp3) is 0.222. The van der Waals surface area contributed by atoms with Crippen LogP contribution in [0, 0.1) is 0 Å². The van der Waals surface area contributed by atoms with Crippen molar-refractivity contribution in [2.24, 2.45) is 0 Å². The fourth-order valence-corrected chi connectivity index (χ4v) is 2.90. The number of methoxy groups -OCH3 is 1. The van der Waals surface area contributed by atoms with E-state index < -0.39 is 0 Å². The van der Waals surface area contributed by atoms with Crippen molar-refractivity contribution in [3.05, 3.63) is 47.0 Å². The average Bonchev–Trinajstić information content (AvgIpc) is 2.61. The van der Waals surface area contributed by atoms with E-state index in [0.717, 1.165) is 0 Å². The molecule has 1 N–H and O–H groups in total. The third kappa shape index (κ3) is 3.39. The van der Waals surface area contributed by atoms with E-state index in [0.29, 0.717) is 40.0 Å². The van der Waals surface area contributed by atoms with Crippen molar-refractivity contribution in [1.29, 1.82) is 0 Å². The standard InChI is InChI=1S/C18H17ClN2O4/c1-3-21-14-9-12(5-7-16(14)25-10-17(21)22)20-18(23)11-4-6-15(24-2)13(19)8-11/h4-9H,3,10H2,1-2H3,(H,20,23). The molecule has 3 rings (SSSR count). The number of likely N-dealkylation sites (N-methyl/N-ethyl adjacent to an activating group) is 1. The quantitative estimate of drug-likeness (QED) is 0.908. The van der Waals surface area contributed by atoms with E-state index in [4.69, 9.17) is 21.1 Å². The molecule has 2 aromatic carbocycles. The number of rotatable bonds is 4. The molecule has 7 heteroatoms. The summed E-state index contributed by atoms with van der Waals surface area (Å²) in [6.07, 6.45) is 0. The maximum absolute atomic E-state index is 12.4. The predicted octanol–water partition coefficient (Wildman–Crippen LogP) is 3.35. The number of carbonyl (C=O) groups excluding carboxylic acids is 2. The lowest BCUT2D eigenvalue weighted by atomic mass is 10.1. The van der Waals surface area contributed by atoms with Crippen molar-refractivity contribution < 1.29 is 19.1 Å². The smallest absolute Gasteiger partial charge is 0.265 e. The molecule has 130 valence electrons. The van der Waals surface area contributed by atoms with Crippen molar-refractivity contribution in [2.75, 3.05) is 30.5 Å². The van der Waals surface area contributed by atoms with Gasteiger partial charge in [0.05, 0.1) is 17.8 Å². The molecule has 6 nitrogen and oxygen atoms in total. The van der Waals surface area contributed by atoms with Gasteiger partial charge in [-0.25, -0.2) is 0 Å². The Hall–Kier alpha value is -2.73. The number of benzene rings is 2. The molecule has 2 amide bonds. The zero-order chi connectivity index (χ0) is 18.0. The first-order valence-electron chi connectivity index (χ1n) is 7.75. The van der Waals surface area contributed by atoms with Crippen LogP contribution in [0.1, 0.15) is 17.3 Å². The van der Waals surface area contributed by atoms with Crippen LogP contribution in [0.25, 0.3) is 0 Å². The summed E-state index contributed by atoms with van der Waals surface area (Å²) in [6.45, 7) is 2.44. The number of ether oxygens (including phenoxy) is 2. The number of nitrogens with one attached hydrogen (secondary N) is 1. The van der Waals surface area contributed by atoms with Gasteiger partial charge in [-0.2, -0.15) is 0 Å². The van der Waals surface area contributed by atoms with Crippen LogP contribution in [0.4, 0.5) is 11.4 Å². The highest BCUT2D eigenvalue weighted by Gasteiger charge is 2.24. The van der Waals surface area contributed by atoms with E-state index in [1.165, 1.54) is 7.11 Å². The van der Waals surface area contributed by atoms with Gasteiger partial charge < -0.3 is 19.7 Å². The lowest BCUT2D eigenvalue weighted by Crippen LogP contribution is -2.38. The van der Waals surface area contributed by atoms with Gasteiger partial charge >= 0.3 is 0 Å². The molecule has 2 aromatic rings. The van der Waals surface area contributed by atoms with E-state index in [9.17, 15) is 9.59 Å². The van der Waals surface area contributed by atoms with E-state index >= 15 is 0 Å². The second kappa shape index (κ2) is 7.03. The highest BCUT2D eigenvalue weighted by molar-refractivity contribution is 6.32. The first-order valence-corrected chi connectivity index (χ1v) is 8.13. The molecular formula is C18H17ClN2O4. The summed E-state index contributed by atoms with van der Waals surface area (Å²) in [4.78, 5) is 26.0. The molecule has 25 heavy (non-hydrogen) atoms. The van der Waals surface area contributed by atoms with Gasteiger partial charge in [-0.1, -0.05) is 11.6 Å². The van der Waals surface area contributed by atoms with E-state index in [2.05, 4.69) is 5.32 Å². The van der Waals surface area contributed by atoms with Crippen LogP contribution in [-0.4, -0.2) is 32.1 Å². The Morgan fingerprint density at radius 1 is 1.32 bits per heavy atom. The molecule has 0 aliphatic carbocycles. The summed E-state index contributed by atoms with van der Waals surface area (Å²) < 4.78 is 10.5. The zero-order valence-corrected chi connectivity index (χ0v) is 14.6. The maximum atomic E-state index is 12.4. The summed E-state index contributed by atoms with van der Waals surface area (Å²) in [5, 5.41) is 3.16. The molecule has 0 atom stereocenters. The number of carbonyl (C=O) groups is 2. The van der Waals surface area contributed by atoms with Crippen LogP contribution in [0.3, 0.4) is 0 Å². The van der Waals surface area contributed by atoms with Crippen molar-refractivity contribution in [3.63, 3.8) is 0 Å². The summed E-state index contributed by atoms with van der Waals surface area (Å²) in [7, 11) is 1.51.